The van der Waals surface area contributed by atoms with Crippen molar-refractivity contribution in [3.63, 3.8) is 0 Å². The molecule has 94 valence electrons. The van der Waals surface area contributed by atoms with Crippen molar-refractivity contribution in [1.82, 2.24) is 0 Å². The number of rotatable bonds is 3. The van der Waals surface area contributed by atoms with Gasteiger partial charge in [-0.05, 0) is 24.0 Å². The molecule has 1 aliphatic rings. The van der Waals surface area contributed by atoms with Crippen LogP contribution >= 0.6 is 0 Å². The molecule has 1 aromatic carbocycles. The smallest absolute Gasteiger partial charge is 0.0522 e. The second kappa shape index (κ2) is 4.43. The molecular weight excluding hydrogens is 210 g/mol. The van der Waals surface area contributed by atoms with E-state index in [1.165, 1.54) is 24.0 Å². The van der Waals surface area contributed by atoms with Gasteiger partial charge >= 0.3 is 0 Å². The zero-order chi connectivity index (χ0) is 12.5. The van der Waals surface area contributed by atoms with Crippen LogP contribution < -0.4 is 5.73 Å². The Kier molecular flexibility index (Phi) is 3.28. The normalized spacial score (nSPS) is 19.5. The molecule has 0 radical (unpaired) electrons. The number of aliphatic hydroxyl groups excluding tert-OH is 1. The maximum Gasteiger partial charge on any atom is 0.0522 e. The molecule has 0 bridgehead atoms. The Hall–Kier alpha value is -0.860. The third kappa shape index (κ3) is 2.24. The van der Waals surface area contributed by atoms with Gasteiger partial charge in [-0.25, -0.2) is 0 Å². The first-order valence-corrected chi connectivity index (χ1v) is 6.49. The van der Waals surface area contributed by atoms with Crippen LogP contribution in [0.3, 0.4) is 0 Å². The van der Waals surface area contributed by atoms with Gasteiger partial charge in [-0.15, -0.1) is 0 Å². The van der Waals surface area contributed by atoms with Crippen LogP contribution in [0.2, 0.25) is 0 Å². The quantitative estimate of drug-likeness (QED) is 0.843. The third-order valence-electron chi connectivity index (χ3n) is 4.08. The van der Waals surface area contributed by atoms with E-state index in [4.69, 9.17) is 5.73 Å². The number of hydrogen-bond donors (Lipinski definition) is 2. The second-order valence-electron chi connectivity index (χ2n) is 5.95. The van der Waals surface area contributed by atoms with E-state index in [-0.39, 0.29) is 17.6 Å². The van der Waals surface area contributed by atoms with E-state index >= 15 is 0 Å². The summed E-state index contributed by atoms with van der Waals surface area (Å²) in [6.07, 6.45) is 4.55. The minimum absolute atomic E-state index is 0.153. The van der Waals surface area contributed by atoms with Gasteiger partial charge < -0.3 is 10.8 Å². The van der Waals surface area contributed by atoms with Crippen molar-refractivity contribution in [3.05, 3.63) is 35.4 Å². The van der Waals surface area contributed by atoms with Crippen LogP contribution in [-0.2, 0) is 11.0 Å². The summed E-state index contributed by atoms with van der Waals surface area (Å²) in [7, 11) is 0. The highest BCUT2D eigenvalue weighted by Gasteiger charge is 2.35. The van der Waals surface area contributed by atoms with Crippen LogP contribution in [0.15, 0.2) is 24.3 Å². The highest BCUT2D eigenvalue weighted by Crippen LogP contribution is 2.40. The second-order valence-corrected chi connectivity index (χ2v) is 5.95. The van der Waals surface area contributed by atoms with E-state index in [0.717, 1.165) is 12.8 Å². The lowest BCUT2D eigenvalue weighted by atomic mass is 9.76. The van der Waals surface area contributed by atoms with Crippen molar-refractivity contribution in [2.24, 2.45) is 5.73 Å². The third-order valence-corrected chi connectivity index (χ3v) is 4.08. The summed E-state index contributed by atoms with van der Waals surface area (Å²) in [6, 6.07) is 8.34. The van der Waals surface area contributed by atoms with Crippen molar-refractivity contribution in [1.29, 1.82) is 0 Å². The van der Waals surface area contributed by atoms with Gasteiger partial charge in [-0.2, -0.15) is 0 Å². The SMILES string of the molecule is CC(C)(CO)c1ccccc1C1(N)CCCC1. The fraction of sp³-hybridized carbons (Fsp3) is 0.600. The van der Waals surface area contributed by atoms with Crippen LogP contribution in [0.4, 0.5) is 0 Å². The minimum Gasteiger partial charge on any atom is -0.395 e. The van der Waals surface area contributed by atoms with Crippen LogP contribution in [0, 0.1) is 0 Å². The minimum atomic E-state index is -0.217. The topological polar surface area (TPSA) is 46.2 Å². The number of aliphatic hydroxyl groups is 1. The van der Waals surface area contributed by atoms with Crippen LogP contribution in [0.25, 0.3) is 0 Å². The standard InChI is InChI=1S/C15H23NO/c1-14(2,11-17)12-7-3-4-8-13(12)15(16)9-5-6-10-15/h3-4,7-8,17H,5-6,9-11,16H2,1-2H3. The molecule has 0 heterocycles. The molecule has 2 nitrogen and oxygen atoms in total. The monoisotopic (exact) mass is 233 g/mol. The molecule has 0 spiro atoms. The van der Waals surface area contributed by atoms with E-state index < -0.39 is 0 Å². The average molecular weight is 233 g/mol. The molecule has 3 N–H and O–H groups in total. The highest BCUT2D eigenvalue weighted by molar-refractivity contribution is 5.39. The molecule has 0 saturated heterocycles. The maximum atomic E-state index is 9.56. The lowest BCUT2D eigenvalue weighted by Gasteiger charge is -2.33. The lowest BCUT2D eigenvalue weighted by molar-refractivity contribution is 0.216. The van der Waals surface area contributed by atoms with Crippen LogP contribution in [0.1, 0.15) is 50.7 Å². The molecule has 0 aromatic heterocycles. The molecule has 2 rings (SSSR count). The van der Waals surface area contributed by atoms with Crippen molar-refractivity contribution in [2.75, 3.05) is 6.61 Å². The van der Waals surface area contributed by atoms with E-state index in [1.807, 2.05) is 6.07 Å². The molecular formula is C15H23NO. The summed E-state index contributed by atoms with van der Waals surface area (Å²) in [5, 5.41) is 9.56. The Morgan fingerprint density at radius 2 is 1.82 bits per heavy atom. The first kappa shape index (κ1) is 12.6. The van der Waals surface area contributed by atoms with Gasteiger partial charge in [0.2, 0.25) is 0 Å². The van der Waals surface area contributed by atoms with Gasteiger partial charge in [-0.1, -0.05) is 51.0 Å². The van der Waals surface area contributed by atoms with Crippen molar-refractivity contribution in [3.8, 4) is 0 Å². The number of benzene rings is 1. The Bertz CT molecular complexity index is 392. The predicted molar refractivity (Wildman–Crippen MR) is 70.9 cm³/mol. The first-order chi connectivity index (χ1) is 7.99. The lowest BCUT2D eigenvalue weighted by Crippen LogP contribution is -2.37. The van der Waals surface area contributed by atoms with Gasteiger partial charge in [0.25, 0.3) is 0 Å². The summed E-state index contributed by atoms with van der Waals surface area (Å²) in [4.78, 5) is 0. The first-order valence-electron chi connectivity index (χ1n) is 6.49. The molecule has 0 unspecified atom stereocenters. The fourth-order valence-electron chi connectivity index (χ4n) is 2.87. The Morgan fingerprint density at radius 3 is 2.41 bits per heavy atom. The number of hydrogen-bond acceptors (Lipinski definition) is 2. The largest absolute Gasteiger partial charge is 0.395 e. The van der Waals surface area contributed by atoms with E-state index in [1.54, 1.807) is 0 Å². The molecule has 1 fully saturated rings. The summed E-state index contributed by atoms with van der Waals surface area (Å²) in [6.45, 7) is 4.30. The van der Waals surface area contributed by atoms with E-state index in [0.29, 0.717) is 0 Å². The zero-order valence-electron chi connectivity index (χ0n) is 10.9. The molecule has 1 saturated carbocycles. The Morgan fingerprint density at radius 1 is 1.24 bits per heavy atom. The van der Waals surface area contributed by atoms with Gasteiger partial charge in [0.1, 0.15) is 0 Å². The molecule has 17 heavy (non-hydrogen) atoms. The van der Waals surface area contributed by atoms with Gasteiger partial charge in [0, 0.05) is 11.0 Å². The van der Waals surface area contributed by atoms with Gasteiger partial charge in [0.05, 0.1) is 6.61 Å². The van der Waals surface area contributed by atoms with E-state index in [2.05, 4.69) is 32.0 Å². The zero-order valence-corrected chi connectivity index (χ0v) is 10.9. The molecule has 0 atom stereocenters. The van der Waals surface area contributed by atoms with Crippen LogP contribution in [-0.4, -0.2) is 11.7 Å². The van der Waals surface area contributed by atoms with Crippen molar-refractivity contribution < 1.29 is 5.11 Å². The molecule has 0 amide bonds. The van der Waals surface area contributed by atoms with Gasteiger partial charge in [0.15, 0.2) is 0 Å². The van der Waals surface area contributed by atoms with Gasteiger partial charge in [-0.3, -0.25) is 0 Å². The maximum absolute atomic E-state index is 9.56. The fourth-order valence-corrected chi connectivity index (χ4v) is 2.87. The van der Waals surface area contributed by atoms with Crippen molar-refractivity contribution in [2.45, 2.75) is 50.5 Å². The molecule has 2 heteroatoms. The molecule has 0 aliphatic heterocycles. The van der Waals surface area contributed by atoms with E-state index in [9.17, 15) is 5.11 Å². The summed E-state index contributed by atoms with van der Waals surface area (Å²) in [5.74, 6) is 0. The highest BCUT2D eigenvalue weighted by atomic mass is 16.3. The Labute approximate surface area is 104 Å². The predicted octanol–water partition coefficient (Wildman–Crippen LogP) is 2.68. The summed E-state index contributed by atoms with van der Waals surface area (Å²) >= 11 is 0. The van der Waals surface area contributed by atoms with Crippen LogP contribution in [0.5, 0.6) is 0 Å². The molecule has 1 aliphatic carbocycles. The van der Waals surface area contributed by atoms with Crippen molar-refractivity contribution >= 4 is 0 Å². The Balaban J connectivity index is 2.47. The summed E-state index contributed by atoms with van der Waals surface area (Å²) < 4.78 is 0. The molecule has 1 aromatic rings. The average Bonchev–Trinajstić information content (AvgIpc) is 2.77. The number of nitrogens with two attached hydrogens (primary N) is 1. The summed E-state index contributed by atoms with van der Waals surface area (Å²) in [5.41, 5.74) is 8.59.